The van der Waals surface area contributed by atoms with Crippen LogP contribution in [-0.2, 0) is 0 Å². The molecule has 0 saturated carbocycles. The predicted molar refractivity (Wildman–Crippen MR) is 62.4 cm³/mol. The first-order chi connectivity index (χ1) is 8.16. The molecule has 0 bridgehead atoms. The number of benzene rings is 1. The zero-order valence-electron chi connectivity index (χ0n) is 8.54. The van der Waals surface area contributed by atoms with Crippen LogP contribution >= 0.6 is 11.6 Å². The summed E-state index contributed by atoms with van der Waals surface area (Å²) in [5.74, 6) is 0.508. The van der Waals surface area contributed by atoms with Gasteiger partial charge in [-0.1, -0.05) is 23.7 Å². The van der Waals surface area contributed by atoms with Crippen molar-refractivity contribution in [1.29, 1.82) is 0 Å². The molecule has 5 nitrogen and oxygen atoms in total. The molecule has 6 heteroatoms. The Balaban J connectivity index is 2.33. The molecule has 86 valence electrons. The Bertz CT molecular complexity index is 560. The average Bonchev–Trinajstić information content (AvgIpc) is 2.29. The molecule has 2 rings (SSSR count). The third-order valence-corrected chi connectivity index (χ3v) is 2.18. The van der Waals surface area contributed by atoms with Gasteiger partial charge < -0.3 is 4.74 Å². The van der Waals surface area contributed by atoms with Crippen molar-refractivity contribution < 1.29 is 9.66 Å². The van der Waals surface area contributed by atoms with Gasteiger partial charge in [-0.05, 0) is 6.07 Å². The lowest BCUT2D eigenvalue weighted by atomic mass is 10.3. The number of nitro groups is 1. The highest BCUT2D eigenvalue weighted by molar-refractivity contribution is 6.30. The van der Waals surface area contributed by atoms with Crippen molar-refractivity contribution in [2.75, 3.05) is 0 Å². The van der Waals surface area contributed by atoms with Gasteiger partial charge in [-0.15, -0.1) is 0 Å². The molecule has 0 saturated heterocycles. The highest BCUT2D eigenvalue weighted by Gasteiger charge is 2.14. The number of halogens is 1. The van der Waals surface area contributed by atoms with Crippen molar-refractivity contribution in [1.82, 2.24) is 4.98 Å². The van der Waals surface area contributed by atoms with E-state index in [0.29, 0.717) is 10.8 Å². The van der Waals surface area contributed by atoms with E-state index in [2.05, 4.69) is 4.98 Å². The number of nitro benzene ring substituents is 1. The molecule has 1 aromatic carbocycles. The van der Waals surface area contributed by atoms with Gasteiger partial charge in [-0.3, -0.25) is 15.1 Å². The van der Waals surface area contributed by atoms with E-state index < -0.39 is 4.92 Å². The van der Waals surface area contributed by atoms with Gasteiger partial charge in [-0.25, -0.2) is 0 Å². The van der Waals surface area contributed by atoms with Crippen LogP contribution in [0.4, 0.5) is 5.69 Å². The van der Waals surface area contributed by atoms with Crippen molar-refractivity contribution in [2.24, 2.45) is 0 Å². The Morgan fingerprint density at radius 2 is 2.06 bits per heavy atom. The van der Waals surface area contributed by atoms with E-state index in [-0.39, 0.29) is 11.4 Å². The fourth-order valence-electron chi connectivity index (χ4n) is 1.27. The maximum atomic E-state index is 10.8. The maximum Gasteiger partial charge on any atom is 0.311 e. The monoisotopic (exact) mass is 250 g/mol. The molecule has 0 spiro atoms. The lowest BCUT2D eigenvalue weighted by Gasteiger charge is -2.05. The van der Waals surface area contributed by atoms with Gasteiger partial charge in [0.25, 0.3) is 0 Å². The summed E-state index contributed by atoms with van der Waals surface area (Å²) in [6.45, 7) is 0. The Labute approximate surface area is 102 Å². The minimum absolute atomic E-state index is 0.104. The summed E-state index contributed by atoms with van der Waals surface area (Å²) in [4.78, 5) is 14.1. The summed E-state index contributed by atoms with van der Waals surface area (Å²) in [5.41, 5.74) is -0.104. The van der Waals surface area contributed by atoms with Crippen LogP contribution in [0.5, 0.6) is 11.5 Å². The third-order valence-electron chi connectivity index (χ3n) is 1.97. The zero-order valence-corrected chi connectivity index (χ0v) is 9.29. The highest BCUT2D eigenvalue weighted by Crippen LogP contribution is 2.31. The fraction of sp³-hybridized carbons (Fsp3) is 0. The first kappa shape index (κ1) is 11.3. The van der Waals surface area contributed by atoms with Crippen molar-refractivity contribution in [3.63, 3.8) is 0 Å². The molecular weight excluding hydrogens is 244 g/mol. The van der Waals surface area contributed by atoms with Crippen LogP contribution in [0.25, 0.3) is 0 Å². The van der Waals surface area contributed by atoms with Gasteiger partial charge >= 0.3 is 5.69 Å². The van der Waals surface area contributed by atoms with Gasteiger partial charge in [0.05, 0.1) is 16.1 Å². The van der Waals surface area contributed by atoms with E-state index in [9.17, 15) is 10.1 Å². The molecule has 0 amide bonds. The van der Waals surface area contributed by atoms with Crippen LogP contribution in [0.15, 0.2) is 42.7 Å². The molecule has 0 aliphatic carbocycles. The van der Waals surface area contributed by atoms with Gasteiger partial charge in [0.15, 0.2) is 0 Å². The summed E-state index contributed by atoms with van der Waals surface area (Å²) in [6, 6.07) is 7.64. The second-order valence-electron chi connectivity index (χ2n) is 3.17. The van der Waals surface area contributed by atoms with E-state index in [1.54, 1.807) is 12.1 Å². The van der Waals surface area contributed by atoms with Crippen molar-refractivity contribution in [2.45, 2.75) is 0 Å². The number of hydrogen-bond donors (Lipinski definition) is 0. The van der Waals surface area contributed by atoms with Crippen LogP contribution in [0.3, 0.4) is 0 Å². The van der Waals surface area contributed by atoms with E-state index >= 15 is 0 Å². The molecule has 1 aromatic heterocycles. The number of rotatable bonds is 3. The summed E-state index contributed by atoms with van der Waals surface area (Å²) in [5, 5.41) is 11.2. The van der Waals surface area contributed by atoms with E-state index in [1.165, 1.54) is 30.6 Å². The van der Waals surface area contributed by atoms with E-state index in [0.717, 1.165) is 0 Å². The summed E-state index contributed by atoms with van der Waals surface area (Å²) < 4.78 is 5.36. The van der Waals surface area contributed by atoms with E-state index in [4.69, 9.17) is 16.3 Å². The van der Waals surface area contributed by atoms with Crippen molar-refractivity contribution in [3.05, 3.63) is 57.9 Å². The molecule has 0 radical (unpaired) electrons. The highest BCUT2D eigenvalue weighted by atomic mass is 35.5. The Hall–Kier alpha value is -2.14. The lowest BCUT2D eigenvalue weighted by Crippen LogP contribution is -1.93. The molecule has 0 fully saturated rings. The Morgan fingerprint density at radius 1 is 1.29 bits per heavy atom. The number of pyridine rings is 1. The van der Waals surface area contributed by atoms with Crippen LogP contribution in [-0.4, -0.2) is 9.91 Å². The predicted octanol–water partition coefficient (Wildman–Crippen LogP) is 3.44. The zero-order chi connectivity index (χ0) is 12.3. The van der Waals surface area contributed by atoms with Gasteiger partial charge in [0.1, 0.15) is 5.75 Å². The largest absolute Gasteiger partial charge is 0.448 e. The smallest absolute Gasteiger partial charge is 0.311 e. The van der Waals surface area contributed by atoms with Crippen LogP contribution in [0.1, 0.15) is 0 Å². The van der Waals surface area contributed by atoms with Crippen LogP contribution in [0, 0.1) is 10.1 Å². The average molecular weight is 251 g/mol. The number of nitrogens with zero attached hydrogens (tertiary/aromatic N) is 2. The minimum atomic E-state index is -0.507. The summed E-state index contributed by atoms with van der Waals surface area (Å²) >= 11 is 5.74. The second-order valence-corrected chi connectivity index (χ2v) is 3.60. The number of ether oxygens (including phenoxy) is 1. The maximum absolute atomic E-state index is 10.8. The van der Waals surface area contributed by atoms with Gasteiger partial charge in [0.2, 0.25) is 5.75 Å². The quantitative estimate of drug-likeness (QED) is 0.618. The molecule has 1 heterocycles. The van der Waals surface area contributed by atoms with E-state index in [1.807, 2.05) is 0 Å². The summed E-state index contributed by atoms with van der Waals surface area (Å²) in [6.07, 6.45) is 2.89. The molecule has 0 aliphatic rings. The minimum Gasteiger partial charge on any atom is -0.448 e. The number of aromatic nitrogens is 1. The topological polar surface area (TPSA) is 65.3 Å². The standard InChI is InChI=1S/C11H7ClN2O3/c12-8-5-9(7-13-6-8)17-11-4-2-1-3-10(11)14(15)16/h1-7H. The Morgan fingerprint density at radius 3 is 2.76 bits per heavy atom. The molecule has 0 N–H and O–H groups in total. The Kier molecular flexibility index (Phi) is 3.20. The lowest BCUT2D eigenvalue weighted by molar-refractivity contribution is -0.385. The molecule has 0 atom stereocenters. The molecule has 0 aliphatic heterocycles. The third kappa shape index (κ3) is 2.70. The molecule has 17 heavy (non-hydrogen) atoms. The fourth-order valence-corrected chi connectivity index (χ4v) is 1.43. The van der Waals surface area contributed by atoms with Gasteiger partial charge in [0, 0.05) is 18.3 Å². The number of hydrogen-bond acceptors (Lipinski definition) is 4. The first-order valence-electron chi connectivity index (χ1n) is 4.68. The second kappa shape index (κ2) is 4.80. The van der Waals surface area contributed by atoms with Crippen LogP contribution < -0.4 is 4.74 Å². The first-order valence-corrected chi connectivity index (χ1v) is 5.06. The molecular formula is C11H7ClN2O3. The van der Waals surface area contributed by atoms with Crippen LogP contribution in [0.2, 0.25) is 5.02 Å². The van der Waals surface area contributed by atoms with Crippen molar-refractivity contribution >= 4 is 17.3 Å². The molecule has 0 unspecified atom stereocenters. The SMILES string of the molecule is O=[N+]([O-])c1ccccc1Oc1cncc(Cl)c1. The van der Waals surface area contributed by atoms with Crippen molar-refractivity contribution in [3.8, 4) is 11.5 Å². The summed E-state index contributed by atoms with van der Waals surface area (Å²) in [7, 11) is 0. The van der Waals surface area contributed by atoms with Gasteiger partial charge in [-0.2, -0.15) is 0 Å². The number of para-hydroxylation sites is 2. The normalized spacial score (nSPS) is 9.94. The molecule has 2 aromatic rings.